The zero-order valence-electron chi connectivity index (χ0n) is 14.4. The van der Waals surface area contributed by atoms with E-state index in [4.69, 9.17) is 0 Å². The molecular weight excluding hydrogens is 370 g/mol. The van der Waals surface area contributed by atoms with Crippen LogP contribution in [0.15, 0.2) is 28.7 Å². The lowest BCUT2D eigenvalue weighted by Gasteiger charge is -2.45. The monoisotopic (exact) mass is 395 g/mol. The third-order valence-electron chi connectivity index (χ3n) is 5.45. The molecule has 0 N–H and O–H groups in total. The first-order chi connectivity index (χ1) is 10.7. The summed E-state index contributed by atoms with van der Waals surface area (Å²) in [6.45, 7) is 9.09. The molecular formula is C19H26BrNOS. The number of nitrogens with zero attached hydrogens (tertiary/aromatic N) is 1. The smallest absolute Gasteiger partial charge is 0.241 e. The van der Waals surface area contributed by atoms with Crippen LogP contribution in [0.1, 0.15) is 53.4 Å². The van der Waals surface area contributed by atoms with Crippen LogP contribution in [0.3, 0.4) is 0 Å². The lowest BCUT2D eigenvalue weighted by Crippen LogP contribution is -2.48. The number of hydrogen-bond acceptors (Lipinski definition) is 2. The van der Waals surface area contributed by atoms with Gasteiger partial charge in [0.15, 0.2) is 0 Å². The highest BCUT2D eigenvalue weighted by atomic mass is 79.9. The van der Waals surface area contributed by atoms with Crippen LogP contribution in [0.5, 0.6) is 0 Å². The van der Waals surface area contributed by atoms with E-state index in [1.54, 1.807) is 0 Å². The number of amides is 1. The van der Waals surface area contributed by atoms with Gasteiger partial charge in [0.2, 0.25) is 5.91 Å². The van der Waals surface area contributed by atoms with Crippen molar-refractivity contribution >= 4 is 39.3 Å². The second-order valence-electron chi connectivity index (χ2n) is 8.00. The first-order valence-corrected chi connectivity index (χ1v) is 10.2. The fourth-order valence-corrected chi connectivity index (χ4v) is 5.94. The van der Waals surface area contributed by atoms with Gasteiger partial charge in [-0.25, -0.2) is 0 Å². The van der Waals surface area contributed by atoms with Gasteiger partial charge < -0.3 is 0 Å². The average molecular weight is 396 g/mol. The molecule has 1 heterocycles. The zero-order chi connectivity index (χ0) is 16.8. The van der Waals surface area contributed by atoms with Gasteiger partial charge in [-0.2, -0.15) is 0 Å². The van der Waals surface area contributed by atoms with Crippen LogP contribution in [0, 0.1) is 11.3 Å². The predicted molar refractivity (Wildman–Crippen MR) is 103 cm³/mol. The summed E-state index contributed by atoms with van der Waals surface area (Å²) in [5.74, 6) is 1.03. The molecule has 0 bridgehead atoms. The van der Waals surface area contributed by atoms with Gasteiger partial charge in [0, 0.05) is 10.2 Å². The van der Waals surface area contributed by atoms with Gasteiger partial charge in [-0.3, -0.25) is 9.69 Å². The molecule has 3 rings (SSSR count). The van der Waals surface area contributed by atoms with Crippen molar-refractivity contribution in [3.05, 3.63) is 28.7 Å². The van der Waals surface area contributed by atoms with E-state index in [2.05, 4.69) is 60.7 Å². The normalized spacial score (nSPS) is 31.9. The standard InChI is InChI=1S/C19H26BrNOS/c1-13-17(22)21(16-7-5-15(20)6-8-16)19(23-13)11-9-14(10-12-19)18(2,3)4/h5-8,13-14H,9-12H2,1-4H3/t13-,14?,19?/m1/s1. The molecule has 1 aromatic carbocycles. The molecule has 1 aromatic rings. The van der Waals surface area contributed by atoms with Crippen LogP contribution in [0.4, 0.5) is 5.69 Å². The van der Waals surface area contributed by atoms with E-state index in [-0.39, 0.29) is 16.0 Å². The summed E-state index contributed by atoms with van der Waals surface area (Å²) in [4.78, 5) is 14.9. The van der Waals surface area contributed by atoms with Crippen molar-refractivity contribution in [3.63, 3.8) is 0 Å². The lowest BCUT2D eigenvalue weighted by molar-refractivity contribution is -0.118. The molecule has 1 saturated heterocycles. The Hall–Kier alpha value is -0.480. The highest BCUT2D eigenvalue weighted by molar-refractivity contribution is 9.10. The summed E-state index contributed by atoms with van der Waals surface area (Å²) in [6.07, 6.45) is 4.63. The fourth-order valence-electron chi connectivity index (χ4n) is 4.04. The Labute approximate surface area is 152 Å². The van der Waals surface area contributed by atoms with Gasteiger partial charge in [-0.1, -0.05) is 36.7 Å². The van der Waals surface area contributed by atoms with E-state index >= 15 is 0 Å². The third-order valence-corrected chi connectivity index (χ3v) is 7.56. The molecule has 126 valence electrons. The Morgan fingerprint density at radius 1 is 1.17 bits per heavy atom. The highest BCUT2D eigenvalue weighted by Crippen LogP contribution is 2.54. The molecule has 2 fully saturated rings. The van der Waals surface area contributed by atoms with Gasteiger partial charge in [0.1, 0.15) is 0 Å². The van der Waals surface area contributed by atoms with Gasteiger partial charge in [0.05, 0.1) is 10.1 Å². The quantitative estimate of drug-likeness (QED) is 0.594. The van der Waals surface area contributed by atoms with Crippen molar-refractivity contribution in [2.75, 3.05) is 4.90 Å². The molecule has 1 amide bonds. The number of halogens is 1. The molecule has 4 heteroatoms. The van der Waals surface area contributed by atoms with Crippen molar-refractivity contribution in [2.45, 2.75) is 63.5 Å². The molecule has 23 heavy (non-hydrogen) atoms. The number of rotatable bonds is 1. The van der Waals surface area contributed by atoms with E-state index in [0.29, 0.717) is 5.41 Å². The van der Waals surface area contributed by atoms with Crippen molar-refractivity contribution in [3.8, 4) is 0 Å². The van der Waals surface area contributed by atoms with Gasteiger partial charge in [-0.05, 0) is 68.2 Å². The minimum Gasteiger partial charge on any atom is -0.296 e. The maximum Gasteiger partial charge on any atom is 0.241 e. The van der Waals surface area contributed by atoms with Gasteiger partial charge in [-0.15, -0.1) is 11.8 Å². The van der Waals surface area contributed by atoms with Crippen molar-refractivity contribution in [1.29, 1.82) is 0 Å². The number of thioether (sulfide) groups is 1. The van der Waals surface area contributed by atoms with Crippen LogP contribution in [-0.4, -0.2) is 16.0 Å². The maximum atomic E-state index is 12.8. The number of hydrogen-bond donors (Lipinski definition) is 0. The Morgan fingerprint density at radius 2 is 1.74 bits per heavy atom. The predicted octanol–water partition coefficient (Wildman–Crippen LogP) is 5.85. The Kier molecular flexibility index (Phi) is 4.61. The van der Waals surface area contributed by atoms with E-state index in [1.165, 1.54) is 12.8 Å². The largest absolute Gasteiger partial charge is 0.296 e. The van der Waals surface area contributed by atoms with Crippen LogP contribution >= 0.6 is 27.7 Å². The number of benzene rings is 1. The SMILES string of the molecule is C[C@H]1SC2(CCC(C(C)(C)C)CC2)N(c2ccc(Br)cc2)C1=O. The third kappa shape index (κ3) is 3.21. The van der Waals surface area contributed by atoms with E-state index < -0.39 is 0 Å². The number of anilines is 1. The summed E-state index contributed by atoms with van der Waals surface area (Å²) in [7, 11) is 0. The number of carbonyl (C=O) groups is 1. The summed E-state index contributed by atoms with van der Waals surface area (Å²) in [5.41, 5.74) is 1.41. The first kappa shape index (κ1) is 17.3. The minimum absolute atomic E-state index is 0.0356. The molecule has 0 unspecified atom stereocenters. The second-order valence-corrected chi connectivity index (χ2v) is 10.6. The molecule has 0 aromatic heterocycles. The molecule has 0 radical (unpaired) electrons. The molecule has 1 spiro atoms. The topological polar surface area (TPSA) is 20.3 Å². The lowest BCUT2D eigenvalue weighted by atomic mass is 9.71. The van der Waals surface area contributed by atoms with Crippen LogP contribution in [0.2, 0.25) is 0 Å². The van der Waals surface area contributed by atoms with E-state index in [9.17, 15) is 4.79 Å². The summed E-state index contributed by atoms with van der Waals surface area (Å²) < 4.78 is 1.05. The Balaban J connectivity index is 1.88. The van der Waals surface area contributed by atoms with Crippen molar-refractivity contribution in [1.82, 2.24) is 0 Å². The van der Waals surface area contributed by atoms with Crippen molar-refractivity contribution < 1.29 is 4.79 Å². The highest BCUT2D eigenvalue weighted by Gasteiger charge is 2.52. The number of carbonyl (C=O) groups excluding carboxylic acids is 1. The zero-order valence-corrected chi connectivity index (χ0v) is 16.8. The molecule has 2 aliphatic rings. The summed E-state index contributed by atoms with van der Waals surface area (Å²) >= 11 is 5.37. The van der Waals surface area contributed by atoms with Crippen LogP contribution < -0.4 is 4.90 Å². The molecule has 1 aliphatic carbocycles. The van der Waals surface area contributed by atoms with Crippen LogP contribution in [-0.2, 0) is 4.79 Å². The van der Waals surface area contributed by atoms with Gasteiger partial charge in [0.25, 0.3) is 0 Å². The van der Waals surface area contributed by atoms with E-state index in [0.717, 1.165) is 28.9 Å². The van der Waals surface area contributed by atoms with Gasteiger partial charge >= 0.3 is 0 Å². The average Bonchev–Trinajstić information content (AvgIpc) is 2.71. The Bertz CT molecular complexity index is 584. The summed E-state index contributed by atoms with van der Waals surface area (Å²) in [5, 5.41) is 0.0600. The second kappa shape index (κ2) is 6.11. The fraction of sp³-hybridized carbons (Fsp3) is 0.632. The molecule has 1 atom stereocenters. The van der Waals surface area contributed by atoms with E-state index in [1.807, 2.05) is 23.9 Å². The van der Waals surface area contributed by atoms with Crippen molar-refractivity contribution in [2.24, 2.45) is 11.3 Å². The first-order valence-electron chi connectivity index (χ1n) is 8.50. The maximum absolute atomic E-state index is 12.8. The molecule has 1 aliphatic heterocycles. The minimum atomic E-state index is -0.0356. The molecule has 2 nitrogen and oxygen atoms in total. The molecule has 1 saturated carbocycles. The Morgan fingerprint density at radius 3 is 2.26 bits per heavy atom. The summed E-state index contributed by atoms with van der Waals surface area (Å²) in [6, 6.07) is 8.20. The van der Waals surface area contributed by atoms with Crippen LogP contribution in [0.25, 0.3) is 0 Å².